The zero-order valence-electron chi connectivity index (χ0n) is 23.3. The van der Waals surface area contributed by atoms with Crippen LogP contribution < -0.4 is 5.32 Å². The number of piperidine rings is 1. The number of likely N-dealkylation sites (tertiary alicyclic amines) is 1. The molecule has 0 bridgehead atoms. The lowest BCUT2D eigenvalue weighted by Crippen LogP contribution is -2.52. The van der Waals surface area contributed by atoms with Crippen LogP contribution in [-0.2, 0) is 23.2 Å². The number of imidazole rings is 1. The molecular weight excluding hydrogens is 571 g/mol. The molecule has 8 nitrogen and oxygen atoms in total. The van der Waals surface area contributed by atoms with Crippen molar-refractivity contribution in [3.8, 4) is 0 Å². The van der Waals surface area contributed by atoms with Crippen LogP contribution in [0.25, 0.3) is 0 Å². The Bertz CT molecular complexity index is 1610. The van der Waals surface area contributed by atoms with Crippen molar-refractivity contribution in [3.63, 3.8) is 0 Å². The van der Waals surface area contributed by atoms with Crippen LogP contribution in [0.2, 0.25) is 0 Å². The molecule has 1 spiro atoms. The number of urea groups is 1. The fourth-order valence-corrected chi connectivity index (χ4v) is 6.72. The second-order valence-electron chi connectivity index (χ2n) is 11.4. The Labute approximate surface area is 244 Å². The van der Waals surface area contributed by atoms with Gasteiger partial charge in [-0.25, -0.2) is 23.5 Å². The summed E-state index contributed by atoms with van der Waals surface area (Å²) in [6.07, 6.45) is -1.73. The molecule has 2 atom stereocenters. The lowest BCUT2D eigenvalue weighted by atomic mass is 9.63. The first-order valence-electron chi connectivity index (χ1n) is 14.1. The number of benzene rings is 1. The van der Waals surface area contributed by atoms with Crippen molar-refractivity contribution in [1.82, 2.24) is 19.4 Å². The highest BCUT2D eigenvalue weighted by molar-refractivity contribution is 6.04. The smallest absolute Gasteiger partial charge is 0.326 e. The van der Waals surface area contributed by atoms with Crippen molar-refractivity contribution in [3.05, 3.63) is 77.0 Å². The van der Waals surface area contributed by atoms with E-state index in [0.29, 0.717) is 31.7 Å². The van der Waals surface area contributed by atoms with Crippen LogP contribution in [0.1, 0.15) is 61.2 Å². The molecule has 0 radical (unpaired) electrons. The number of halogens is 5. The third kappa shape index (κ3) is 5.29. The van der Waals surface area contributed by atoms with Gasteiger partial charge in [-0.3, -0.25) is 4.79 Å². The summed E-state index contributed by atoms with van der Waals surface area (Å²) in [6.45, 7) is 2.41. The predicted octanol–water partition coefficient (Wildman–Crippen LogP) is 5.77. The third-order valence-corrected chi connectivity index (χ3v) is 9.10. The van der Waals surface area contributed by atoms with Crippen LogP contribution in [0.4, 0.5) is 32.6 Å². The highest BCUT2D eigenvalue weighted by atomic mass is 19.4. The van der Waals surface area contributed by atoms with E-state index in [1.54, 1.807) is 11.1 Å². The molecule has 0 saturated carbocycles. The van der Waals surface area contributed by atoms with Crippen LogP contribution in [0, 0.1) is 17.6 Å². The molecule has 3 aliphatic heterocycles. The van der Waals surface area contributed by atoms with E-state index in [4.69, 9.17) is 0 Å². The third-order valence-electron chi connectivity index (χ3n) is 9.10. The molecule has 1 N–H and O–H groups in total. The van der Waals surface area contributed by atoms with Crippen molar-refractivity contribution < 1.29 is 31.5 Å². The number of anilines is 1. The van der Waals surface area contributed by atoms with Crippen molar-refractivity contribution in [2.75, 3.05) is 18.4 Å². The Morgan fingerprint density at radius 2 is 1.91 bits per heavy atom. The molecule has 1 fully saturated rings. The number of hydrogen-bond donors (Lipinski definition) is 1. The second-order valence-corrected chi connectivity index (χ2v) is 11.4. The summed E-state index contributed by atoms with van der Waals surface area (Å²) in [7, 11) is 0. The van der Waals surface area contributed by atoms with E-state index in [0.717, 1.165) is 17.8 Å². The van der Waals surface area contributed by atoms with Gasteiger partial charge in [0, 0.05) is 60.5 Å². The van der Waals surface area contributed by atoms with Crippen molar-refractivity contribution in [2.24, 2.45) is 10.9 Å². The predicted molar refractivity (Wildman–Crippen MR) is 147 cm³/mol. The molecule has 226 valence electrons. The molecule has 43 heavy (non-hydrogen) atoms. The fraction of sp³-hybridized carbons (Fsp3) is 0.433. The summed E-state index contributed by atoms with van der Waals surface area (Å²) in [5.74, 6) is -2.59. The number of rotatable bonds is 2. The van der Waals surface area contributed by atoms with E-state index < -0.39 is 41.6 Å². The highest BCUT2D eigenvalue weighted by Crippen LogP contribution is 2.47. The zero-order chi connectivity index (χ0) is 30.5. The van der Waals surface area contributed by atoms with Gasteiger partial charge in [0.15, 0.2) is 17.5 Å². The van der Waals surface area contributed by atoms with Gasteiger partial charge in [-0.2, -0.15) is 18.2 Å². The first kappa shape index (κ1) is 28.9. The minimum atomic E-state index is -4.53. The van der Waals surface area contributed by atoms with Gasteiger partial charge in [-0.15, -0.1) is 0 Å². The number of nitrogens with zero attached hydrogens (tertiary/aromatic N) is 5. The number of fused-ring (bicyclic) bond motifs is 3. The Hall–Kier alpha value is -4.16. The number of aromatic nitrogens is 3. The molecule has 2 aromatic heterocycles. The van der Waals surface area contributed by atoms with Crippen molar-refractivity contribution in [1.29, 1.82) is 0 Å². The first-order valence-corrected chi connectivity index (χ1v) is 14.1. The quantitative estimate of drug-likeness (QED) is 0.378. The standard InChI is InChI=1S/C30H29F5N6O2/c1-17-27(42)39-25-21(5-3-11-36-25)29(17)9-12-40(13-10-29)28(43)38-23-8-7-18(20-4-2-6-22(31)24(20)32)16-41-19(14-30(33,34)35)15-37-26(23)41/h2-6,11,15,17-18H,7-10,12-14,16H2,1H3,(H,36,39,42)/b38-23+/t17?,18-/m1/s1. The number of pyridine rings is 1. The normalized spacial score (nSPS) is 22.6. The summed E-state index contributed by atoms with van der Waals surface area (Å²) >= 11 is 0. The number of aliphatic imine (C=N–C) groups is 1. The average Bonchev–Trinajstić information content (AvgIpc) is 3.25. The second kappa shape index (κ2) is 10.8. The van der Waals surface area contributed by atoms with Gasteiger partial charge in [0.05, 0.1) is 12.1 Å². The van der Waals surface area contributed by atoms with E-state index in [1.807, 2.05) is 19.1 Å². The molecule has 13 heteroatoms. The molecule has 3 amide bonds. The van der Waals surface area contributed by atoms with E-state index >= 15 is 0 Å². The maximum absolute atomic E-state index is 14.7. The molecule has 1 unspecified atom stereocenters. The maximum atomic E-state index is 14.7. The number of amides is 3. The molecular formula is C30H29F5N6O2. The Morgan fingerprint density at radius 1 is 1.14 bits per heavy atom. The molecule has 3 aromatic rings. The summed E-state index contributed by atoms with van der Waals surface area (Å²) in [4.78, 5) is 40.6. The van der Waals surface area contributed by atoms with Crippen molar-refractivity contribution in [2.45, 2.75) is 63.1 Å². The molecule has 3 aliphatic rings. The van der Waals surface area contributed by atoms with Crippen molar-refractivity contribution >= 4 is 23.5 Å². The molecule has 1 aromatic carbocycles. The number of carbonyl (C=O) groups excluding carboxylic acids is 2. The van der Waals surface area contributed by atoms with Gasteiger partial charge in [-0.05, 0) is 43.4 Å². The maximum Gasteiger partial charge on any atom is 0.394 e. The summed E-state index contributed by atoms with van der Waals surface area (Å²) in [6, 6.07) is 6.95. The first-order chi connectivity index (χ1) is 20.5. The minimum Gasteiger partial charge on any atom is -0.326 e. The van der Waals surface area contributed by atoms with Gasteiger partial charge < -0.3 is 14.8 Å². The lowest BCUT2D eigenvalue weighted by Gasteiger charge is -2.47. The molecule has 5 heterocycles. The summed E-state index contributed by atoms with van der Waals surface area (Å²) < 4.78 is 70.3. The largest absolute Gasteiger partial charge is 0.394 e. The van der Waals surface area contributed by atoms with Gasteiger partial charge in [0.1, 0.15) is 5.82 Å². The van der Waals surface area contributed by atoms with Crippen LogP contribution in [0.15, 0.2) is 47.7 Å². The fourth-order valence-electron chi connectivity index (χ4n) is 6.72. The van der Waals surface area contributed by atoms with Gasteiger partial charge >= 0.3 is 12.2 Å². The van der Waals surface area contributed by atoms with Crippen LogP contribution in [0.3, 0.4) is 0 Å². The monoisotopic (exact) mass is 600 g/mol. The molecule has 6 rings (SSSR count). The van der Waals surface area contributed by atoms with Crippen LogP contribution in [0.5, 0.6) is 0 Å². The number of carbonyl (C=O) groups is 2. The number of alkyl halides is 3. The van der Waals surface area contributed by atoms with Gasteiger partial charge in [0.25, 0.3) is 0 Å². The summed E-state index contributed by atoms with van der Waals surface area (Å²) in [5.41, 5.74) is 0.524. The van der Waals surface area contributed by atoms with Gasteiger partial charge in [-0.1, -0.05) is 25.1 Å². The lowest BCUT2D eigenvalue weighted by molar-refractivity contribution is -0.128. The van der Waals surface area contributed by atoms with E-state index in [2.05, 4.69) is 20.3 Å². The Balaban J connectivity index is 1.28. The SMILES string of the molecule is CC1C(=O)Nc2ncccc2C12CCN(C(=O)/N=C1\CC[C@@H](c3cccc(F)c3F)Cn3c(CC(F)(F)F)cnc31)CC2. The Kier molecular flexibility index (Phi) is 7.29. The highest BCUT2D eigenvalue weighted by Gasteiger charge is 2.49. The molecule has 0 aliphatic carbocycles. The average molecular weight is 601 g/mol. The van der Waals surface area contributed by atoms with E-state index in [1.165, 1.54) is 16.7 Å². The van der Waals surface area contributed by atoms with Gasteiger partial charge in [0.2, 0.25) is 5.91 Å². The Morgan fingerprint density at radius 3 is 2.65 bits per heavy atom. The van der Waals surface area contributed by atoms with Crippen LogP contribution in [-0.4, -0.2) is 56.4 Å². The van der Waals surface area contributed by atoms with Crippen LogP contribution >= 0.6 is 0 Å². The van der Waals surface area contributed by atoms with E-state index in [9.17, 15) is 31.5 Å². The summed E-state index contributed by atoms with van der Waals surface area (Å²) in [5, 5.41) is 2.85. The number of nitrogens with one attached hydrogen (secondary N) is 1. The minimum absolute atomic E-state index is 0.0481. The zero-order valence-corrected chi connectivity index (χ0v) is 23.3. The molecule has 1 saturated heterocycles. The number of hydrogen-bond acceptors (Lipinski definition) is 4. The topological polar surface area (TPSA) is 92.5 Å². The van der Waals surface area contributed by atoms with E-state index in [-0.39, 0.29) is 54.0 Å².